The second-order valence-electron chi connectivity index (χ2n) is 7.10. The van der Waals surface area contributed by atoms with Crippen molar-refractivity contribution in [1.82, 2.24) is 15.0 Å². The lowest BCUT2D eigenvalue weighted by Crippen LogP contribution is -2.12. The highest BCUT2D eigenvalue weighted by Gasteiger charge is 2.10. The normalized spacial score (nSPS) is 10.7. The molecule has 0 spiro atoms. The molecule has 168 valence electrons. The van der Waals surface area contributed by atoms with Crippen molar-refractivity contribution in [2.45, 2.75) is 0 Å². The van der Waals surface area contributed by atoms with Gasteiger partial charge in [0.15, 0.2) is 0 Å². The van der Waals surface area contributed by atoms with E-state index in [-0.39, 0.29) is 11.7 Å². The van der Waals surface area contributed by atoms with Crippen LogP contribution in [0.15, 0.2) is 85.5 Å². The standard InChI is InChI=1S/C25H18FN5O3/c26-21-4-2-1-3-20(21)18-11-19(15-27-14-18)30-25(34)17-9-10-28-23(12-17)31-22-7-5-16(13-29-22)6-8-24(32)33/h1-15H,(H,30,34)(H,32,33)(H,28,29,31). The van der Waals surface area contributed by atoms with E-state index < -0.39 is 5.97 Å². The van der Waals surface area contributed by atoms with Gasteiger partial charge in [0.2, 0.25) is 0 Å². The molecule has 0 unspecified atom stereocenters. The van der Waals surface area contributed by atoms with Crippen molar-refractivity contribution in [3.05, 3.63) is 102 Å². The molecule has 1 aromatic carbocycles. The smallest absolute Gasteiger partial charge is 0.328 e. The zero-order valence-electron chi connectivity index (χ0n) is 17.6. The summed E-state index contributed by atoms with van der Waals surface area (Å²) < 4.78 is 14.1. The molecule has 9 heteroatoms. The average Bonchev–Trinajstić information content (AvgIpc) is 2.84. The molecular formula is C25H18FN5O3. The van der Waals surface area contributed by atoms with Crippen LogP contribution in [0.25, 0.3) is 17.2 Å². The van der Waals surface area contributed by atoms with Crippen LogP contribution in [0.3, 0.4) is 0 Å². The Labute approximate surface area is 193 Å². The molecule has 3 aromatic heterocycles. The first-order valence-corrected chi connectivity index (χ1v) is 10.1. The van der Waals surface area contributed by atoms with Gasteiger partial charge in [-0.2, -0.15) is 0 Å². The Bertz CT molecular complexity index is 1370. The molecule has 1 amide bonds. The summed E-state index contributed by atoms with van der Waals surface area (Å²) in [5.74, 6) is -0.944. The summed E-state index contributed by atoms with van der Waals surface area (Å²) in [6.45, 7) is 0. The first-order chi connectivity index (χ1) is 16.5. The number of amides is 1. The van der Waals surface area contributed by atoms with Gasteiger partial charge in [-0.05, 0) is 48.0 Å². The summed E-state index contributed by atoms with van der Waals surface area (Å²) in [5, 5.41) is 14.4. The maximum atomic E-state index is 14.1. The zero-order valence-corrected chi connectivity index (χ0v) is 17.6. The molecule has 0 atom stereocenters. The van der Waals surface area contributed by atoms with E-state index in [1.807, 2.05) is 0 Å². The molecule has 3 heterocycles. The Morgan fingerprint density at radius 3 is 2.56 bits per heavy atom. The van der Waals surface area contributed by atoms with Crippen LogP contribution in [0.1, 0.15) is 15.9 Å². The number of hydrogen-bond donors (Lipinski definition) is 3. The fourth-order valence-corrected chi connectivity index (χ4v) is 3.07. The maximum Gasteiger partial charge on any atom is 0.328 e. The topological polar surface area (TPSA) is 117 Å². The molecule has 4 rings (SSSR count). The number of aromatic nitrogens is 3. The van der Waals surface area contributed by atoms with Gasteiger partial charge >= 0.3 is 5.97 Å². The van der Waals surface area contributed by atoms with Gasteiger partial charge in [0.25, 0.3) is 5.91 Å². The number of carboxylic acids is 1. The van der Waals surface area contributed by atoms with E-state index in [0.29, 0.717) is 39.6 Å². The Kier molecular flexibility index (Phi) is 6.64. The van der Waals surface area contributed by atoms with Gasteiger partial charge in [-0.3, -0.25) is 9.78 Å². The van der Waals surface area contributed by atoms with Gasteiger partial charge < -0.3 is 15.7 Å². The number of benzene rings is 1. The number of carbonyl (C=O) groups excluding carboxylic acids is 1. The van der Waals surface area contributed by atoms with E-state index in [0.717, 1.165) is 6.08 Å². The van der Waals surface area contributed by atoms with Crippen molar-refractivity contribution in [2.24, 2.45) is 0 Å². The number of carbonyl (C=O) groups is 2. The Hall–Kier alpha value is -4.92. The Morgan fingerprint density at radius 2 is 1.79 bits per heavy atom. The van der Waals surface area contributed by atoms with Crippen LogP contribution < -0.4 is 10.6 Å². The van der Waals surface area contributed by atoms with Crippen molar-refractivity contribution >= 4 is 35.3 Å². The van der Waals surface area contributed by atoms with Gasteiger partial charge in [0.1, 0.15) is 17.5 Å². The number of hydrogen-bond acceptors (Lipinski definition) is 6. The number of nitrogens with one attached hydrogen (secondary N) is 2. The number of rotatable bonds is 7. The highest BCUT2D eigenvalue weighted by molar-refractivity contribution is 6.04. The van der Waals surface area contributed by atoms with Gasteiger partial charge in [0, 0.05) is 41.4 Å². The SMILES string of the molecule is O=C(O)C=Cc1ccc(Nc2cc(C(=O)Nc3cncc(-c4ccccc4F)c3)ccn2)nc1. The molecule has 0 aliphatic heterocycles. The summed E-state index contributed by atoms with van der Waals surface area (Å²) in [6.07, 6.45) is 8.45. The van der Waals surface area contributed by atoms with E-state index in [9.17, 15) is 14.0 Å². The van der Waals surface area contributed by atoms with Crippen molar-refractivity contribution in [1.29, 1.82) is 0 Å². The minimum Gasteiger partial charge on any atom is -0.478 e. The second kappa shape index (κ2) is 10.1. The summed E-state index contributed by atoms with van der Waals surface area (Å²) in [6, 6.07) is 14.5. The third-order valence-corrected chi connectivity index (χ3v) is 4.66. The minimum atomic E-state index is -1.05. The molecule has 34 heavy (non-hydrogen) atoms. The monoisotopic (exact) mass is 455 g/mol. The fraction of sp³-hybridized carbons (Fsp3) is 0. The summed E-state index contributed by atoms with van der Waals surface area (Å²) in [7, 11) is 0. The van der Waals surface area contributed by atoms with Gasteiger partial charge in [-0.15, -0.1) is 0 Å². The lowest BCUT2D eigenvalue weighted by Gasteiger charge is -2.09. The molecule has 0 fully saturated rings. The molecule has 0 radical (unpaired) electrons. The fourth-order valence-electron chi connectivity index (χ4n) is 3.07. The van der Waals surface area contributed by atoms with Crippen molar-refractivity contribution in [3.8, 4) is 11.1 Å². The zero-order chi connectivity index (χ0) is 23.9. The molecule has 0 aliphatic rings. The molecular weight excluding hydrogens is 437 g/mol. The number of carboxylic acid groups (broad SMARTS) is 1. The van der Waals surface area contributed by atoms with Crippen molar-refractivity contribution in [3.63, 3.8) is 0 Å². The van der Waals surface area contributed by atoms with Gasteiger partial charge in [0.05, 0.1) is 11.9 Å². The third-order valence-electron chi connectivity index (χ3n) is 4.66. The lowest BCUT2D eigenvalue weighted by molar-refractivity contribution is -0.131. The number of halogens is 1. The highest BCUT2D eigenvalue weighted by Crippen LogP contribution is 2.24. The van der Waals surface area contributed by atoms with Crippen molar-refractivity contribution in [2.75, 3.05) is 10.6 Å². The van der Waals surface area contributed by atoms with Gasteiger partial charge in [-0.1, -0.05) is 18.2 Å². The molecule has 3 N–H and O–H groups in total. The highest BCUT2D eigenvalue weighted by atomic mass is 19.1. The van der Waals surface area contributed by atoms with Crippen molar-refractivity contribution < 1.29 is 19.1 Å². The molecule has 0 saturated heterocycles. The van der Waals surface area contributed by atoms with Crippen LogP contribution in [-0.2, 0) is 4.79 Å². The number of pyridine rings is 3. The van der Waals surface area contributed by atoms with Crippen LogP contribution in [0.5, 0.6) is 0 Å². The lowest BCUT2D eigenvalue weighted by atomic mass is 10.1. The quantitative estimate of drug-likeness (QED) is 0.344. The van der Waals surface area contributed by atoms with Crippen LogP contribution in [0.4, 0.5) is 21.7 Å². The first kappa shape index (κ1) is 22.3. The molecule has 0 bridgehead atoms. The largest absolute Gasteiger partial charge is 0.478 e. The van der Waals surface area contributed by atoms with E-state index in [2.05, 4.69) is 25.6 Å². The van der Waals surface area contributed by atoms with Crippen LogP contribution in [-0.4, -0.2) is 31.9 Å². The third kappa shape index (κ3) is 5.65. The summed E-state index contributed by atoms with van der Waals surface area (Å²) in [5.41, 5.74) is 2.32. The van der Waals surface area contributed by atoms with Crippen LogP contribution in [0, 0.1) is 5.82 Å². The number of nitrogens with zero attached hydrogens (tertiary/aromatic N) is 3. The second-order valence-corrected chi connectivity index (χ2v) is 7.10. The first-order valence-electron chi connectivity index (χ1n) is 10.1. The average molecular weight is 455 g/mol. The Morgan fingerprint density at radius 1 is 0.941 bits per heavy atom. The van der Waals surface area contributed by atoms with E-state index in [4.69, 9.17) is 5.11 Å². The number of anilines is 3. The van der Waals surface area contributed by atoms with E-state index >= 15 is 0 Å². The van der Waals surface area contributed by atoms with Crippen LogP contribution in [0.2, 0.25) is 0 Å². The molecule has 0 aliphatic carbocycles. The van der Waals surface area contributed by atoms with E-state index in [1.165, 1.54) is 36.9 Å². The number of aliphatic carboxylic acids is 1. The predicted molar refractivity (Wildman–Crippen MR) is 126 cm³/mol. The molecule has 4 aromatic rings. The maximum absolute atomic E-state index is 14.1. The Balaban J connectivity index is 1.46. The molecule has 8 nitrogen and oxygen atoms in total. The summed E-state index contributed by atoms with van der Waals surface area (Å²) >= 11 is 0. The van der Waals surface area contributed by atoms with Crippen LogP contribution >= 0.6 is 0 Å². The minimum absolute atomic E-state index is 0.342. The predicted octanol–water partition coefficient (Wildman–Crippen LogP) is 4.77. The summed E-state index contributed by atoms with van der Waals surface area (Å²) in [4.78, 5) is 35.9. The molecule has 0 saturated carbocycles. The van der Waals surface area contributed by atoms with E-state index in [1.54, 1.807) is 48.5 Å². The van der Waals surface area contributed by atoms with Gasteiger partial charge in [-0.25, -0.2) is 19.2 Å².